The molecule has 0 bridgehead atoms. The fraction of sp³-hybridized carbons (Fsp3) is 0.476. The van der Waals surface area contributed by atoms with Gasteiger partial charge in [-0.05, 0) is 49.3 Å². The molecule has 0 radical (unpaired) electrons. The maximum atomic E-state index is 14.2. The van der Waals surface area contributed by atoms with Gasteiger partial charge in [0.05, 0.1) is 0 Å². The third-order valence-electron chi connectivity index (χ3n) is 4.86. The second-order valence-electron chi connectivity index (χ2n) is 6.91. The van der Waals surface area contributed by atoms with Gasteiger partial charge < -0.3 is 5.32 Å². The molecule has 0 spiro atoms. The van der Waals surface area contributed by atoms with Crippen molar-refractivity contribution in [2.45, 2.75) is 53.4 Å². The van der Waals surface area contributed by atoms with Crippen molar-refractivity contribution in [3.8, 4) is 0 Å². The van der Waals surface area contributed by atoms with Crippen LogP contribution in [0.3, 0.4) is 0 Å². The van der Waals surface area contributed by atoms with E-state index in [2.05, 4.69) is 18.8 Å². The van der Waals surface area contributed by atoms with Crippen molar-refractivity contribution in [2.24, 2.45) is 5.41 Å². The zero-order chi connectivity index (χ0) is 19.2. The van der Waals surface area contributed by atoms with E-state index in [0.717, 1.165) is 30.9 Å². The van der Waals surface area contributed by atoms with Crippen LogP contribution in [0.15, 0.2) is 41.5 Å². The lowest BCUT2D eigenvalue weighted by Crippen LogP contribution is -2.29. The minimum absolute atomic E-state index is 0.201. The molecule has 0 aliphatic rings. The first-order chi connectivity index (χ1) is 11.7. The highest BCUT2D eigenvalue weighted by Crippen LogP contribution is 2.40. The number of hydrogen-bond acceptors (Lipinski definition) is 1. The molecule has 0 saturated heterocycles. The van der Waals surface area contributed by atoms with Gasteiger partial charge in [-0.25, -0.2) is 8.78 Å². The topological polar surface area (TPSA) is 29.1 Å². The Labute approximate surface area is 150 Å². The van der Waals surface area contributed by atoms with Crippen LogP contribution < -0.4 is 5.32 Å². The average Bonchev–Trinajstić information content (AvgIpc) is 2.56. The molecule has 1 N–H and O–H groups in total. The normalized spacial score (nSPS) is 14.5. The zero-order valence-electron chi connectivity index (χ0n) is 15.9. The molecular weight excluding hydrogens is 320 g/mol. The van der Waals surface area contributed by atoms with E-state index in [1.165, 1.54) is 6.07 Å². The Morgan fingerprint density at radius 2 is 1.92 bits per heavy atom. The highest BCUT2D eigenvalue weighted by molar-refractivity contribution is 5.98. The molecule has 1 atom stereocenters. The number of allylic oxidation sites excluding steroid dienone is 1. The standard InChI is InChI=1S/C21H29F2NO/c1-7-8-12-21(5,13-16-10-9-11-17(22)19(16)23)15(4)18(14(2)3)20(25)24-6/h9-11H,2,7-8,12-13H2,1,3-6H3,(H,24,25)/b18-15-. The van der Waals surface area contributed by atoms with Crippen LogP contribution in [0.2, 0.25) is 0 Å². The summed E-state index contributed by atoms with van der Waals surface area (Å²) >= 11 is 0. The van der Waals surface area contributed by atoms with Crippen molar-refractivity contribution in [3.05, 3.63) is 58.7 Å². The van der Waals surface area contributed by atoms with E-state index in [1.54, 1.807) is 20.0 Å². The Hall–Kier alpha value is -1.97. The van der Waals surface area contributed by atoms with Gasteiger partial charge in [0.1, 0.15) is 0 Å². The van der Waals surface area contributed by atoms with E-state index in [-0.39, 0.29) is 5.91 Å². The van der Waals surface area contributed by atoms with Crippen LogP contribution in [-0.2, 0) is 11.2 Å². The molecule has 0 saturated carbocycles. The molecular formula is C21H29F2NO. The van der Waals surface area contributed by atoms with Gasteiger partial charge in [0.15, 0.2) is 11.6 Å². The van der Waals surface area contributed by atoms with Crippen LogP contribution in [0, 0.1) is 17.0 Å². The summed E-state index contributed by atoms with van der Waals surface area (Å²) in [5, 5.41) is 2.65. The average molecular weight is 349 g/mol. The highest BCUT2D eigenvalue weighted by atomic mass is 19.2. The highest BCUT2D eigenvalue weighted by Gasteiger charge is 2.31. The molecule has 0 aliphatic carbocycles. The fourth-order valence-corrected chi connectivity index (χ4v) is 3.19. The van der Waals surface area contributed by atoms with Crippen LogP contribution in [0.1, 0.15) is 52.5 Å². The quantitative estimate of drug-likeness (QED) is 0.498. The van der Waals surface area contributed by atoms with E-state index >= 15 is 0 Å². The van der Waals surface area contributed by atoms with Gasteiger partial charge in [0, 0.05) is 12.6 Å². The number of unbranched alkanes of at least 4 members (excludes halogenated alkanes) is 1. The minimum atomic E-state index is -0.844. The lowest BCUT2D eigenvalue weighted by Gasteiger charge is -2.33. The van der Waals surface area contributed by atoms with Crippen molar-refractivity contribution < 1.29 is 13.6 Å². The van der Waals surface area contributed by atoms with E-state index in [4.69, 9.17) is 0 Å². The Morgan fingerprint density at radius 1 is 1.28 bits per heavy atom. The molecule has 0 aliphatic heterocycles. The molecule has 25 heavy (non-hydrogen) atoms. The molecule has 2 nitrogen and oxygen atoms in total. The number of carbonyl (C=O) groups is 1. The number of rotatable bonds is 8. The third-order valence-corrected chi connectivity index (χ3v) is 4.86. The number of carbonyl (C=O) groups excluding carboxylic acids is 1. The molecule has 1 unspecified atom stereocenters. The number of hydrogen-bond donors (Lipinski definition) is 1. The van der Waals surface area contributed by atoms with Crippen LogP contribution in [-0.4, -0.2) is 13.0 Å². The molecule has 0 fully saturated rings. The van der Waals surface area contributed by atoms with Gasteiger partial charge in [0.2, 0.25) is 0 Å². The summed E-state index contributed by atoms with van der Waals surface area (Å²) < 4.78 is 27.8. The Morgan fingerprint density at radius 3 is 2.44 bits per heavy atom. The van der Waals surface area contributed by atoms with E-state index in [9.17, 15) is 13.6 Å². The maximum absolute atomic E-state index is 14.2. The SMILES string of the molecule is C=C(C)/C(C(=O)NC)=C(\C)C(C)(CCCC)Cc1cccc(F)c1F. The predicted molar refractivity (Wildman–Crippen MR) is 99.3 cm³/mol. The maximum Gasteiger partial charge on any atom is 0.251 e. The van der Waals surface area contributed by atoms with E-state index in [0.29, 0.717) is 23.1 Å². The van der Waals surface area contributed by atoms with Crippen molar-refractivity contribution in [1.29, 1.82) is 0 Å². The summed E-state index contributed by atoms with van der Waals surface area (Å²) in [5.41, 5.74) is 1.93. The molecule has 1 aromatic carbocycles. The lowest BCUT2D eigenvalue weighted by molar-refractivity contribution is -0.116. The van der Waals surface area contributed by atoms with Gasteiger partial charge in [-0.3, -0.25) is 4.79 Å². The van der Waals surface area contributed by atoms with E-state index in [1.807, 2.05) is 13.8 Å². The molecule has 1 amide bonds. The largest absolute Gasteiger partial charge is 0.355 e. The van der Waals surface area contributed by atoms with Crippen molar-refractivity contribution in [3.63, 3.8) is 0 Å². The van der Waals surface area contributed by atoms with Gasteiger partial charge in [-0.2, -0.15) is 0 Å². The van der Waals surface area contributed by atoms with Gasteiger partial charge in [-0.15, -0.1) is 0 Å². The van der Waals surface area contributed by atoms with Crippen LogP contribution in [0.5, 0.6) is 0 Å². The molecule has 138 valence electrons. The predicted octanol–water partition coefficient (Wildman–Crippen LogP) is 5.34. The van der Waals surface area contributed by atoms with Crippen molar-refractivity contribution >= 4 is 5.91 Å². The van der Waals surface area contributed by atoms with E-state index < -0.39 is 17.0 Å². The first kappa shape index (κ1) is 21.1. The number of halogens is 2. The Kier molecular flexibility index (Phi) is 7.53. The first-order valence-electron chi connectivity index (χ1n) is 8.70. The summed E-state index contributed by atoms with van der Waals surface area (Å²) in [6.07, 6.45) is 3.02. The van der Waals surface area contributed by atoms with Gasteiger partial charge >= 0.3 is 0 Å². The fourth-order valence-electron chi connectivity index (χ4n) is 3.19. The monoisotopic (exact) mass is 349 g/mol. The number of amides is 1. The smallest absolute Gasteiger partial charge is 0.251 e. The summed E-state index contributed by atoms with van der Waals surface area (Å²) in [4.78, 5) is 12.3. The number of likely N-dealkylation sites (N-methyl/N-ethyl adjacent to an activating group) is 1. The number of nitrogens with one attached hydrogen (secondary N) is 1. The molecule has 0 heterocycles. The third kappa shape index (κ3) is 5.00. The Bertz CT molecular complexity index is 678. The first-order valence-corrected chi connectivity index (χ1v) is 8.70. The number of benzene rings is 1. The molecule has 4 heteroatoms. The summed E-state index contributed by atoms with van der Waals surface area (Å²) in [5.74, 6) is -1.86. The lowest BCUT2D eigenvalue weighted by atomic mass is 9.71. The van der Waals surface area contributed by atoms with Crippen LogP contribution in [0.25, 0.3) is 0 Å². The summed E-state index contributed by atoms with van der Waals surface area (Å²) in [7, 11) is 1.58. The van der Waals surface area contributed by atoms with Crippen molar-refractivity contribution in [2.75, 3.05) is 7.05 Å². The van der Waals surface area contributed by atoms with Gasteiger partial charge in [0.25, 0.3) is 5.91 Å². The summed E-state index contributed by atoms with van der Waals surface area (Å²) in [6.45, 7) is 11.7. The molecule has 1 rings (SSSR count). The second kappa shape index (κ2) is 8.93. The second-order valence-corrected chi connectivity index (χ2v) is 6.91. The van der Waals surface area contributed by atoms with Gasteiger partial charge in [-0.1, -0.05) is 51.0 Å². The minimum Gasteiger partial charge on any atom is -0.355 e. The zero-order valence-corrected chi connectivity index (χ0v) is 15.9. The summed E-state index contributed by atoms with van der Waals surface area (Å²) in [6, 6.07) is 4.25. The Balaban J connectivity index is 3.45. The van der Waals surface area contributed by atoms with Crippen LogP contribution >= 0.6 is 0 Å². The van der Waals surface area contributed by atoms with Crippen LogP contribution in [0.4, 0.5) is 8.78 Å². The molecule has 0 aromatic heterocycles. The molecule has 1 aromatic rings. The van der Waals surface area contributed by atoms with Crippen molar-refractivity contribution in [1.82, 2.24) is 5.32 Å².